The number of amides is 2. The highest BCUT2D eigenvalue weighted by atomic mass is 16.5. The summed E-state index contributed by atoms with van der Waals surface area (Å²) in [6, 6.07) is -1.39. The van der Waals surface area contributed by atoms with Gasteiger partial charge in [-0.05, 0) is 44.6 Å². The van der Waals surface area contributed by atoms with E-state index in [2.05, 4.69) is 36.6 Å². The summed E-state index contributed by atoms with van der Waals surface area (Å²) in [5, 5.41) is 22.4. The van der Waals surface area contributed by atoms with Crippen LogP contribution >= 0.6 is 0 Å². The molecule has 250 valence electrons. The van der Waals surface area contributed by atoms with Gasteiger partial charge in [-0.1, -0.05) is 110 Å². The number of ether oxygens (including phenoxy) is 1. The van der Waals surface area contributed by atoms with Gasteiger partial charge in [-0.15, -0.1) is 0 Å². The second-order valence-electron chi connectivity index (χ2n) is 11.6. The largest absolute Gasteiger partial charge is 0.480 e. The summed E-state index contributed by atoms with van der Waals surface area (Å²) < 4.78 is 5.84. The number of hydrogen-bond donors (Lipinski definition) is 4. The third kappa shape index (κ3) is 26.9. The topological polar surface area (TPSA) is 142 Å². The van der Waals surface area contributed by atoms with Crippen molar-refractivity contribution < 1.29 is 34.1 Å². The van der Waals surface area contributed by atoms with E-state index in [0.717, 1.165) is 51.4 Å². The zero-order valence-electron chi connectivity index (χ0n) is 27.2. The van der Waals surface area contributed by atoms with Gasteiger partial charge in [0, 0.05) is 12.8 Å². The van der Waals surface area contributed by atoms with Gasteiger partial charge in [-0.25, -0.2) is 4.79 Å². The number of unbranched alkanes of at least 4 members (excludes halogenated alkanes) is 16. The molecule has 0 bridgehead atoms. The quantitative estimate of drug-likeness (QED) is 0.0400. The van der Waals surface area contributed by atoms with Crippen molar-refractivity contribution >= 4 is 23.8 Å². The molecule has 0 aliphatic rings. The first-order valence-corrected chi connectivity index (χ1v) is 17.1. The van der Waals surface area contributed by atoms with Crippen molar-refractivity contribution in [3.05, 3.63) is 12.2 Å². The number of aliphatic hydroxyl groups excluding tert-OH is 1. The molecule has 2 amide bonds. The summed E-state index contributed by atoms with van der Waals surface area (Å²) in [5.74, 6) is -2.40. The fourth-order valence-electron chi connectivity index (χ4n) is 4.80. The fraction of sp³-hybridized carbons (Fsp3) is 0.824. The molecule has 0 rings (SSSR count). The summed E-state index contributed by atoms with van der Waals surface area (Å²) in [6.07, 6.45) is 26.9. The maximum absolute atomic E-state index is 12.5. The number of carboxylic acids is 1. The van der Waals surface area contributed by atoms with E-state index in [1.165, 1.54) is 70.6 Å². The van der Waals surface area contributed by atoms with Gasteiger partial charge in [0.1, 0.15) is 12.1 Å². The summed E-state index contributed by atoms with van der Waals surface area (Å²) in [6.45, 7) is 3.39. The first-order chi connectivity index (χ1) is 20.8. The summed E-state index contributed by atoms with van der Waals surface area (Å²) in [7, 11) is 0. The molecule has 2 unspecified atom stereocenters. The Hall–Kier alpha value is -2.42. The molecule has 2 atom stereocenters. The van der Waals surface area contributed by atoms with Crippen molar-refractivity contribution in [3.63, 3.8) is 0 Å². The highest BCUT2D eigenvalue weighted by Crippen LogP contribution is 2.15. The summed E-state index contributed by atoms with van der Waals surface area (Å²) in [5.41, 5.74) is 0. The summed E-state index contributed by atoms with van der Waals surface area (Å²) >= 11 is 0. The minimum Gasteiger partial charge on any atom is -0.480 e. The molecule has 0 aromatic carbocycles. The van der Waals surface area contributed by atoms with Crippen LogP contribution in [0.5, 0.6) is 0 Å². The number of carbonyl (C=O) groups excluding carboxylic acids is 3. The Labute approximate surface area is 261 Å². The predicted molar refractivity (Wildman–Crippen MR) is 172 cm³/mol. The van der Waals surface area contributed by atoms with Gasteiger partial charge < -0.3 is 25.6 Å². The van der Waals surface area contributed by atoms with Crippen LogP contribution in [0.4, 0.5) is 0 Å². The van der Waals surface area contributed by atoms with Crippen molar-refractivity contribution in [2.45, 2.75) is 167 Å². The molecule has 0 aromatic rings. The second kappa shape index (κ2) is 29.6. The number of rotatable bonds is 30. The molecule has 9 nitrogen and oxygen atoms in total. The highest BCUT2D eigenvalue weighted by molar-refractivity contribution is 5.87. The SMILES string of the molecule is CCCCCCCC/C=C\C(CCCCCCC(=O)NCC(=O)NC(CO)C(=O)O)OC(=O)CCCCCCCCCC. The lowest BCUT2D eigenvalue weighted by atomic mass is 10.1. The lowest BCUT2D eigenvalue weighted by molar-refractivity contribution is -0.147. The van der Waals surface area contributed by atoms with Crippen molar-refractivity contribution in [2.24, 2.45) is 0 Å². The number of esters is 1. The van der Waals surface area contributed by atoms with Crippen LogP contribution in [0.15, 0.2) is 12.2 Å². The van der Waals surface area contributed by atoms with E-state index >= 15 is 0 Å². The Morgan fingerprint density at radius 2 is 1.23 bits per heavy atom. The van der Waals surface area contributed by atoms with E-state index in [9.17, 15) is 19.2 Å². The predicted octanol–water partition coefficient (Wildman–Crippen LogP) is 6.75. The molecule has 0 fully saturated rings. The molecular formula is C34H62N2O7. The van der Waals surface area contributed by atoms with Crippen LogP contribution in [0, 0.1) is 0 Å². The molecule has 0 aliphatic carbocycles. The monoisotopic (exact) mass is 610 g/mol. The van der Waals surface area contributed by atoms with E-state index in [0.29, 0.717) is 12.8 Å². The van der Waals surface area contributed by atoms with Crippen LogP contribution < -0.4 is 10.6 Å². The van der Waals surface area contributed by atoms with Gasteiger partial charge >= 0.3 is 11.9 Å². The van der Waals surface area contributed by atoms with E-state index in [-0.39, 0.29) is 30.9 Å². The lowest BCUT2D eigenvalue weighted by Crippen LogP contribution is -2.47. The Morgan fingerprint density at radius 1 is 0.698 bits per heavy atom. The van der Waals surface area contributed by atoms with E-state index < -0.39 is 24.5 Å². The molecular weight excluding hydrogens is 548 g/mol. The highest BCUT2D eigenvalue weighted by Gasteiger charge is 2.18. The van der Waals surface area contributed by atoms with Gasteiger partial charge in [0.25, 0.3) is 0 Å². The normalized spacial score (nSPS) is 12.6. The number of hydrogen-bond acceptors (Lipinski definition) is 6. The first-order valence-electron chi connectivity index (χ1n) is 17.1. The third-order valence-electron chi connectivity index (χ3n) is 7.50. The molecule has 0 heterocycles. The van der Waals surface area contributed by atoms with Crippen molar-refractivity contribution in [1.82, 2.24) is 10.6 Å². The molecule has 4 N–H and O–H groups in total. The van der Waals surface area contributed by atoms with Crippen LogP contribution in [0.25, 0.3) is 0 Å². The maximum Gasteiger partial charge on any atom is 0.328 e. The molecule has 43 heavy (non-hydrogen) atoms. The molecule has 0 spiro atoms. The van der Waals surface area contributed by atoms with E-state index in [4.69, 9.17) is 14.9 Å². The minimum absolute atomic E-state index is 0.116. The molecule has 0 radical (unpaired) electrons. The Balaban J connectivity index is 4.33. The Bertz CT molecular complexity index is 757. The smallest absolute Gasteiger partial charge is 0.328 e. The number of carboxylic acid groups (broad SMARTS) is 1. The number of aliphatic hydroxyl groups is 1. The van der Waals surface area contributed by atoms with Gasteiger partial charge in [0.2, 0.25) is 11.8 Å². The third-order valence-corrected chi connectivity index (χ3v) is 7.50. The molecule has 0 saturated heterocycles. The summed E-state index contributed by atoms with van der Waals surface area (Å²) in [4.78, 5) is 47.1. The van der Waals surface area contributed by atoms with Gasteiger partial charge in [0.15, 0.2) is 0 Å². The lowest BCUT2D eigenvalue weighted by Gasteiger charge is -2.15. The molecule has 0 saturated carbocycles. The first kappa shape index (κ1) is 40.6. The van der Waals surface area contributed by atoms with Gasteiger partial charge in [0.05, 0.1) is 13.2 Å². The van der Waals surface area contributed by atoms with E-state index in [1.807, 2.05) is 0 Å². The number of allylic oxidation sites excluding steroid dienone is 1. The van der Waals surface area contributed by atoms with Crippen LogP contribution in [-0.4, -0.2) is 59.3 Å². The minimum atomic E-state index is -1.39. The average Bonchev–Trinajstić information content (AvgIpc) is 2.98. The van der Waals surface area contributed by atoms with Crippen molar-refractivity contribution in [1.29, 1.82) is 0 Å². The van der Waals surface area contributed by atoms with Crippen LogP contribution in [-0.2, 0) is 23.9 Å². The zero-order valence-corrected chi connectivity index (χ0v) is 27.2. The molecule has 9 heteroatoms. The Morgan fingerprint density at radius 3 is 1.81 bits per heavy atom. The van der Waals surface area contributed by atoms with E-state index in [1.54, 1.807) is 0 Å². The van der Waals surface area contributed by atoms with Crippen LogP contribution in [0.1, 0.15) is 155 Å². The molecule has 0 aromatic heterocycles. The zero-order chi connectivity index (χ0) is 32.0. The average molecular weight is 611 g/mol. The second-order valence-corrected chi connectivity index (χ2v) is 11.6. The number of carbonyl (C=O) groups is 4. The maximum atomic E-state index is 12.5. The van der Waals surface area contributed by atoms with Crippen molar-refractivity contribution in [2.75, 3.05) is 13.2 Å². The Kier molecular flexibility index (Phi) is 28.0. The van der Waals surface area contributed by atoms with Gasteiger partial charge in [-0.2, -0.15) is 0 Å². The van der Waals surface area contributed by atoms with Crippen LogP contribution in [0.3, 0.4) is 0 Å². The van der Waals surface area contributed by atoms with Crippen molar-refractivity contribution in [3.8, 4) is 0 Å². The van der Waals surface area contributed by atoms with Crippen LogP contribution in [0.2, 0.25) is 0 Å². The number of aliphatic carboxylic acids is 1. The fourth-order valence-corrected chi connectivity index (χ4v) is 4.80. The number of nitrogens with one attached hydrogen (secondary N) is 2. The van der Waals surface area contributed by atoms with Gasteiger partial charge in [-0.3, -0.25) is 14.4 Å². The molecule has 0 aliphatic heterocycles. The standard InChI is InChI=1S/C34H62N2O7/c1-3-5-7-9-11-13-15-19-23-29(43-33(40)26-22-16-14-12-10-8-6-4-2)24-20-17-18-21-25-31(38)35-27-32(39)36-30(28-37)34(41)42/h19,23,29-30,37H,3-18,20-22,24-28H2,1-2H3,(H,35,38)(H,36,39)(H,41,42)/b23-19-.